The van der Waals surface area contributed by atoms with Crippen molar-refractivity contribution >= 4 is 5.82 Å². The lowest BCUT2D eigenvalue weighted by atomic mass is 10.5. The average molecular weight is 136 g/mol. The molecular weight excluding hydrogens is 124 g/mol. The van der Waals surface area contributed by atoms with E-state index in [-0.39, 0.29) is 0 Å². The second-order valence-electron chi connectivity index (χ2n) is 1.46. The molecule has 0 saturated heterocycles. The SMILES string of the molecule is C=C.CNc1ccccn1. The Kier molecular flexibility index (Phi) is 5.06. The van der Waals surface area contributed by atoms with E-state index >= 15 is 0 Å². The van der Waals surface area contributed by atoms with Crippen LogP contribution >= 0.6 is 0 Å². The average Bonchev–Trinajstić information content (AvgIpc) is 2.10. The van der Waals surface area contributed by atoms with E-state index < -0.39 is 0 Å². The first-order valence-electron chi connectivity index (χ1n) is 3.02. The van der Waals surface area contributed by atoms with Gasteiger partial charge in [0.15, 0.2) is 0 Å². The van der Waals surface area contributed by atoms with Crippen LogP contribution in [0.25, 0.3) is 0 Å². The first kappa shape index (κ1) is 8.69. The van der Waals surface area contributed by atoms with Gasteiger partial charge in [0.05, 0.1) is 0 Å². The Labute approximate surface area is 61.6 Å². The molecule has 10 heavy (non-hydrogen) atoms. The molecule has 0 radical (unpaired) electrons. The molecule has 1 rings (SSSR count). The van der Waals surface area contributed by atoms with E-state index in [4.69, 9.17) is 0 Å². The van der Waals surface area contributed by atoms with Crippen molar-refractivity contribution in [2.75, 3.05) is 12.4 Å². The lowest BCUT2D eigenvalue weighted by molar-refractivity contribution is 1.29. The lowest BCUT2D eigenvalue weighted by Gasteiger charge is -1.92. The fourth-order valence-corrected chi connectivity index (χ4v) is 0.511. The number of nitrogens with zero attached hydrogens (tertiary/aromatic N) is 1. The summed E-state index contributed by atoms with van der Waals surface area (Å²) in [6.45, 7) is 6.00. The Balaban J connectivity index is 0.000000371. The van der Waals surface area contributed by atoms with Gasteiger partial charge in [-0.05, 0) is 12.1 Å². The Morgan fingerprint density at radius 1 is 1.40 bits per heavy atom. The van der Waals surface area contributed by atoms with Crippen molar-refractivity contribution in [2.45, 2.75) is 0 Å². The summed E-state index contributed by atoms with van der Waals surface area (Å²) in [4.78, 5) is 3.99. The monoisotopic (exact) mass is 136 g/mol. The van der Waals surface area contributed by atoms with Crippen molar-refractivity contribution in [2.24, 2.45) is 0 Å². The fourth-order valence-electron chi connectivity index (χ4n) is 0.511. The van der Waals surface area contributed by atoms with Crippen LogP contribution in [0.15, 0.2) is 37.6 Å². The van der Waals surface area contributed by atoms with Gasteiger partial charge < -0.3 is 5.32 Å². The predicted molar refractivity (Wildman–Crippen MR) is 45.0 cm³/mol. The second-order valence-corrected chi connectivity index (χ2v) is 1.46. The maximum atomic E-state index is 3.99. The molecule has 1 aromatic heterocycles. The number of nitrogens with one attached hydrogen (secondary N) is 1. The van der Waals surface area contributed by atoms with Crippen LogP contribution in [0.1, 0.15) is 0 Å². The van der Waals surface area contributed by atoms with Crippen LogP contribution in [0.5, 0.6) is 0 Å². The van der Waals surface area contributed by atoms with E-state index in [2.05, 4.69) is 23.5 Å². The molecule has 0 aliphatic heterocycles. The van der Waals surface area contributed by atoms with Crippen molar-refractivity contribution < 1.29 is 0 Å². The van der Waals surface area contributed by atoms with Gasteiger partial charge in [-0.2, -0.15) is 0 Å². The van der Waals surface area contributed by atoms with Gasteiger partial charge in [0.25, 0.3) is 0 Å². The Morgan fingerprint density at radius 2 is 2.10 bits per heavy atom. The first-order chi connectivity index (χ1) is 4.93. The summed E-state index contributed by atoms with van der Waals surface area (Å²) >= 11 is 0. The molecular formula is C8H12N2. The Hall–Kier alpha value is -1.31. The predicted octanol–water partition coefficient (Wildman–Crippen LogP) is 1.93. The summed E-state index contributed by atoms with van der Waals surface area (Å²) in [5.74, 6) is 0.910. The molecule has 1 heterocycles. The number of anilines is 1. The van der Waals surface area contributed by atoms with Gasteiger partial charge in [-0.15, -0.1) is 13.2 Å². The highest BCUT2D eigenvalue weighted by atomic mass is 14.9. The summed E-state index contributed by atoms with van der Waals surface area (Å²) in [5, 5.41) is 2.92. The van der Waals surface area contributed by atoms with Crippen LogP contribution < -0.4 is 5.32 Å². The van der Waals surface area contributed by atoms with Crippen molar-refractivity contribution in [1.82, 2.24) is 4.98 Å². The van der Waals surface area contributed by atoms with Crippen LogP contribution in [0.2, 0.25) is 0 Å². The Morgan fingerprint density at radius 3 is 2.40 bits per heavy atom. The summed E-state index contributed by atoms with van der Waals surface area (Å²) in [6.07, 6.45) is 1.76. The zero-order valence-electron chi connectivity index (χ0n) is 6.17. The minimum atomic E-state index is 0.910. The van der Waals surface area contributed by atoms with Gasteiger partial charge >= 0.3 is 0 Å². The van der Waals surface area contributed by atoms with Crippen molar-refractivity contribution in [3.63, 3.8) is 0 Å². The third-order valence-electron chi connectivity index (χ3n) is 0.921. The van der Waals surface area contributed by atoms with E-state index in [1.54, 1.807) is 6.20 Å². The highest BCUT2D eigenvalue weighted by molar-refractivity contribution is 5.31. The maximum absolute atomic E-state index is 3.99. The summed E-state index contributed by atoms with van der Waals surface area (Å²) in [6, 6.07) is 5.75. The molecule has 0 saturated carbocycles. The minimum absolute atomic E-state index is 0.910. The van der Waals surface area contributed by atoms with Gasteiger partial charge in [0.2, 0.25) is 0 Å². The standard InChI is InChI=1S/C6H8N2.C2H4/c1-7-6-4-2-3-5-8-6;1-2/h2-5H,1H3,(H,7,8);1-2H2. The largest absolute Gasteiger partial charge is 0.373 e. The summed E-state index contributed by atoms with van der Waals surface area (Å²) in [5.41, 5.74) is 0. The van der Waals surface area contributed by atoms with Gasteiger partial charge in [-0.3, -0.25) is 0 Å². The van der Waals surface area contributed by atoms with E-state index in [0.717, 1.165) is 5.82 Å². The van der Waals surface area contributed by atoms with E-state index in [1.165, 1.54) is 0 Å². The topological polar surface area (TPSA) is 24.9 Å². The van der Waals surface area contributed by atoms with Crippen LogP contribution in [0, 0.1) is 0 Å². The molecule has 0 aliphatic carbocycles. The highest BCUT2D eigenvalue weighted by Crippen LogP contribution is 1.95. The molecule has 0 unspecified atom stereocenters. The smallest absolute Gasteiger partial charge is 0.125 e. The second kappa shape index (κ2) is 5.82. The highest BCUT2D eigenvalue weighted by Gasteiger charge is 1.79. The molecule has 0 aliphatic rings. The molecule has 1 N–H and O–H groups in total. The van der Waals surface area contributed by atoms with Crippen LogP contribution in [-0.4, -0.2) is 12.0 Å². The fraction of sp³-hybridized carbons (Fsp3) is 0.125. The molecule has 0 aromatic carbocycles. The third-order valence-corrected chi connectivity index (χ3v) is 0.921. The molecule has 0 bridgehead atoms. The maximum Gasteiger partial charge on any atom is 0.125 e. The van der Waals surface area contributed by atoms with Gasteiger partial charge in [0, 0.05) is 13.2 Å². The molecule has 0 fully saturated rings. The number of hydrogen-bond donors (Lipinski definition) is 1. The van der Waals surface area contributed by atoms with E-state index in [9.17, 15) is 0 Å². The van der Waals surface area contributed by atoms with Crippen molar-refractivity contribution in [3.8, 4) is 0 Å². The lowest BCUT2D eigenvalue weighted by Crippen LogP contribution is -1.88. The summed E-state index contributed by atoms with van der Waals surface area (Å²) in [7, 11) is 1.85. The molecule has 0 amide bonds. The molecule has 1 aromatic rings. The quantitative estimate of drug-likeness (QED) is 0.597. The minimum Gasteiger partial charge on any atom is -0.373 e. The third kappa shape index (κ3) is 2.87. The molecule has 0 spiro atoms. The van der Waals surface area contributed by atoms with Crippen molar-refractivity contribution in [1.29, 1.82) is 0 Å². The number of hydrogen-bond acceptors (Lipinski definition) is 2. The van der Waals surface area contributed by atoms with Crippen LogP contribution in [0.4, 0.5) is 5.82 Å². The normalized spacial score (nSPS) is 7.30. The number of aromatic nitrogens is 1. The zero-order valence-corrected chi connectivity index (χ0v) is 6.17. The van der Waals surface area contributed by atoms with Crippen molar-refractivity contribution in [3.05, 3.63) is 37.6 Å². The van der Waals surface area contributed by atoms with Crippen LogP contribution in [0.3, 0.4) is 0 Å². The Bertz CT molecular complexity index is 160. The first-order valence-corrected chi connectivity index (χ1v) is 3.02. The van der Waals surface area contributed by atoms with E-state index in [0.29, 0.717) is 0 Å². The number of rotatable bonds is 1. The zero-order chi connectivity index (χ0) is 7.82. The van der Waals surface area contributed by atoms with Gasteiger partial charge in [-0.1, -0.05) is 6.07 Å². The molecule has 2 nitrogen and oxygen atoms in total. The molecule has 0 atom stereocenters. The van der Waals surface area contributed by atoms with Crippen LogP contribution in [-0.2, 0) is 0 Å². The molecule has 2 heteroatoms. The van der Waals surface area contributed by atoms with Gasteiger partial charge in [0.1, 0.15) is 5.82 Å². The number of pyridine rings is 1. The van der Waals surface area contributed by atoms with E-state index in [1.807, 2.05) is 25.2 Å². The summed E-state index contributed by atoms with van der Waals surface area (Å²) < 4.78 is 0. The molecule has 54 valence electrons. The van der Waals surface area contributed by atoms with Gasteiger partial charge in [-0.25, -0.2) is 4.98 Å².